The maximum absolute atomic E-state index is 5.95. The molecule has 1 aliphatic carbocycles. The summed E-state index contributed by atoms with van der Waals surface area (Å²) >= 11 is 0. The van der Waals surface area contributed by atoms with E-state index in [0.717, 1.165) is 44.5 Å². The lowest BCUT2D eigenvalue weighted by atomic mass is 9.68. The highest BCUT2D eigenvalue weighted by Gasteiger charge is 2.44. The third kappa shape index (κ3) is 3.44. The molecule has 0 aromatic carbocycles. The number of hydrazine groups is 1. The zero-order chi connectivity index (χ0) is 15.5. The summed E-state index contributed by atoms with van der Waals surface area (Å²) in [4.78, 5) is 4.36. The van der Waals surface area contributed by atoms with Crippen LogP contribution in [0.4, 0.5) is 0 Å². The fourth-order valence-corrected chi connectivity index (χ4v) is 3.33. The van der Waals surface area contributed by atoms with Crippen molar-refractivity contribution in [3.63, 3.8) is 0 Å². The smallest absolute Gasteiger partial charge is 0.138 e. The Balaban J connectivity index is 2.15. The summed E-state index contributed by atoms with van der Waals surface area (Å²) in [5.41, 5.74) is 3.15. The van der Waals surface area contributed by atoms with Gasteiger partial charge in [-0.05, 0) is 38.0 Å². The predicted molar refractivity (Wildman–Crippen MR) is 82.5 cm³/mol. The number of aryl methyl sites for hydroxylation is 1. The number of ether oxygens (including phenoxy) is 1. The van der Waals surface area contributed by atoms with Crippen LogP contribution in [0, 0.1) is 5.41 Å². The molecular weight excluding hydrogens is 266 g/mol. The topological polar surface area (TPSA) is 78.0 Å². The summed E-state index contributed by atoms with van der Waals surface area (Å²) in [7, 11) is 1.80. The van der Waals surface area contributed by atoms with Crippen molar-refractivity contribution in [1.82, 2.24) is 20.2 Å². The van der Waals surface area contributed by atoms with Gasteiger partial charge in [-0.3, -0.25) is 16.0 Å². The van der Waals surface area contributed by atoms with Crippen molar-refractivity contribution in [3.05, 3.63) is 12.2 Å². The quantitative estimate of drug-likeness (QED) is 0.616. The molecular formula is C15H29N5O. The summed E-state index contributed by atoms with van der Waals surface area (Å²) in [5, 5.41) is 4.23. The maximum atomic E-state index is 5.95. The lowest BCUT2D eigenvalue weighted by molar-refractivity contribution is -0.0867. The van der Waals surface area contributed by atoms with Gasteiger partial charge < -0.3 is 4.74 Å². The van der Waals surface area contributed by atoms with Crippen LogP contribution in [0.1, 0.15) is 52.3 Å². The minimum Gasteiger partial charge on any atom is -0.377 e. The van der Waals surface area contributed by atoms with Gasteiger partial charge in [0.15, 0.2) is 0 Å². The van der Waals surface area contributed by atoms with Crippen molar-refractivity contribution in [3.8, 4) is 0 Å². The Morgan fingerprint density at radius 2 is 2.05 bits per heavy atom. The second-order valence-electron chi connectivity index (χ2n) is 6.85. The summed E-state index contributed by atoms with van der Waals surface area (Å²) in [6, 6.07) is 0.0492. The van der Waals surface area contributed by atoms with Crippen LogP contribution in [0.15, 0.2) is 6.33 Å². The van der Waals surface area contributed by atoms with E-state index in [1.54, 1.807) is 13.4 Å². The van der Waals surface area contributed by atoms with E-state index >= 15 is 0 Å². The van der Waals surface area contributed by atoms with Crippen molar-refractivity contribution >= 4 is 0 Å². The molecule has 21 heavy (non-hydrogen) atoms. The highest BCUT2D eigenvalue weighted by molar-refractivity contribution is 5.02. The molecule has 1 aromatic heterocycles. The van der Waals surface area contributed by atoms with Crippen molar-refractivity contribution in [2.45, 2.75) is 71.1 Å². The fourth-order valence-electron chi connectivity index (χ4n) is 3.33. The number of hydrogen-bond donors (Lipinski definition) is 2. The summed E-state index contributed by atoms with van der Waals surface area (Å²) in [6.45, 7) is 7.54. The van der Waals surface area contributed by atoms with Gasteiger partial charge in [0, 0.05) is 20.1 Å². The van der Waals surface area contributed by atoms with Crippen LogP contribution < -0.4 is 11.3 Å². The molecule has 0 radical (unpaired) electrons. The molecule has 3 N–H and O–H groups in total. The second kappa shape index (κ2) is 6.42. The summed E-state index contributed by atoms with van der Waals surface area (Å²) in [6.07, 6.45) is 6.69. The highest BCUT2D eigenvalue weighted by Crippen LogP contribution is 2.43. The second-order valence-corrected chi connectivity index (χ2v) is 6.85. The first-order valence-electron chi connectivity index (χ1n) is 7.84. The number of nitrogens with zero attached hydrogens (tertiary/aromatic N) is 3. The minimum absolute atomic E-state index is 0.0492. The summed E-state index contributed by atoms with van der Waals surface area (Å²) in [5.74, 6) is 6.81. The van der Waals surface area contributed by atoms with Gasteiger partial charge in [-0.15, -0.1) is 0 Å². The van der Waals surface area contributed by atoms with E-state index in [-0.39, 0.29) is 11.6 Å². The monoisotopic (exact) mass is 295 g/mol. The van der Waals surface area contributed by atoms with Crippen LogP contribution in [0.5, 0.6) is 0 Å². The highest BCUT2D eigenvalue weighted by atomic mass is 16.5. The molecule has 1 unspecified atom stereocenters. The molecule has 120 valence electrons. The molecule has 2 rings (SSSR count). The number of rotatable bonds is 6. The van der Waals surface area contributed by atoms with Gasteiger partial charge in [0.25, 0.3) is 0 Å². The van der Waals surface area contributed by atoms with Crippen LogP contribution in [0.2, 0.25) is 0 Å². The molecule has 1 aromatic rings. The molecule has 6 heteroatoms. The summed E-state index contributed by atoms with van der Waals surface area (Å²) < 4.78 is 7.86. The maximum Gasteiger partial charge on any atom is 0.138 e. The van der Waals surface area contributed by atoms with E-state index in [1.165, 1.54) is 0 Å². The molecule has 1 heterocycles. The third-order valence-corrected chi connectivity index (χ3v) is 5.07. The molecule has 0 amide bonds. The zero-order valence-electron chi connectivity index (χ0n) is 13.7. The molecule has 0 saturated heterocycles. The van der Waals surface area contributed by atoms with Crippen LogP contribution >= 0.6 is 0 Å². The van der Waals surface area contributed by atoms with Crippen molar-refractivity contribution in [1.29, 1.82) is 0 Å². The van der Waals surface area contributed by atoms with Crippen molar-refractivity contribution < 1.29 is 4.74 Å². The van der Waals surface area contributed by atoms with Gasteiger partial charge in [0.05, 0.1) is 11.6 Å². The average Bonchev–Trinajstić information content (AvgIpc) is 2.93. The third-order valence-electron chi connectivity index (χ3n) is 5.07. The Morgan fingerprint density at radius 1 is 1.38 bits per heavy atom. The molecule has 1 saturated carbocycles. The van der Waals surface area contributed by atoms with Crippen LogP contribution in [0.25, 0.3) is 0 Å². The Morgan fingerprint density at radius 3 is 2.57 bits per heavy atom. The van der Waals surface area contributed by atoms with Crippen molar-refractivity contribution in [2.75, 3.05) is 7.11 Å². The Hall–Kier alpha value is -0.980. The molecule has 1 fully saturated rings. The first kappa shape index (κ1) is 16.4. The number of aromatic nitrogens is 3. The van der Waals surface area contributed by atoms with Crippen LogP contribution in [-0.4, -0.2) is 33.5 Å². The first-order valence-corrected chi connectivity index (χ1v) is 7.84. The normalized spacial score (nSPS) is 22.1. The van der Waals surface area contributed by atoms with Gasteiger partial charge >= 0.3 is 0 Å². The molecule has 0 aliphatic heterocycles. The van der Waals surface area contributed by atoms with Gasteiger partial charge in [0.2, 0.25) is 0 Å². The van der Waals surface area contributed by atoms with Crippen molar-refractivity contribution in [2.24, 2.45) is 11.3 Å². The zero-order valence-corrected chi connectivity index (χ0v) is 13.7. The van der Waals surface area contributed by atoms with E-state index < -0.39 is 0 Å². The minimum atomic E-state index is -0.214. The van der Waals surface area contributed by atoms with Crippen LogP contribution in [-0.2, 0) is 17.7 Å². The Kier molecular flexibility index (Phi) is 5.01. The first-order chi connectivity index (χ1) is 9.96. The molecule has 6 nitrogen and oxygen atoms in total. The molecule has 1 atom stereocenters. The molecule has 1 aliphatic rings. The number of methoxy groups -OCH3 is 1. The van der Waals surface area contributed by atoms with Crippen LogP contribution in [0.3, 0.4) is 0 Å². The van der Waals surface area contributed by atoms with E-state index in [2.05, 4.69) is 36.3 Å². The Labute approximate surface area is 127 Å². The van der Waals surface area contributed by atoms with E-state index in [9.17, 15) is 0 Å². The lowest BCUT2D eigenvalue weighted by Gasteiger charge is -2.46. The fraction of sp³-hybridized carbons (Fsp3) is 0.867. The number of hydrogen-bond acceptors (Lipinski definition) is 5. The van der Waals surface area contributed by atoms with E-state index in [1.807, 2.05) is 4.68 Å². The van der Waals surface area contributed by atoms with Gasteiger partial charge in [-0.2, -0.15) is 5.10 Å². The van der Waals surface area contributed by atoms with Gasteiger partial charge in [-0.25, -0.2) is 4.98 Å². The Bertz CT molecular complexity index is 447. The predicted octanol–water partition coefficient (Wildman–Crippen LogP) is 1.66. The molecule has 0 spiro atoms. The number of nitrogens with one attached hydrogen (secondary N) is 1. The van der Waals surface area contributed by atoms with Gasteiger partial charge in [0.1, 0.15) is 12.2 Å². The van der Waals surface area contributed by atoms with Gasteiger partial charge in [-0.1, -0.05) is 13.8 Å². The molecule has 0 bridgehead atoms. The van der Waals surface area contributed by atoms with E-state index in [0.29, 0.717) is 5.41 Å². The number of nitrogens with two attached hydrogens (primary N) is 1. The van der Waals surface area contributed by atoms with E-state index in [4.69, 9.17) is 10.6 Å². The lowest BCUT2D eigenvalue weighted by Crippen LogP contribution is -2.58. The average molecular weight is 295 g/mol. The standard InChI is InChI=1S/C15H29N5O/c1-5-20-13(17-11-18-20)10-12(19-16)15(21-4)8-6-14(2,3)7-9-15/h11-12,19H,5-10,16H2,1-4H3. The largest absolute Gasteiger partial charge is 0.377 e. The SMILES string of the molecule is CCn1ncnc1CC(NN)C1(OC)CCC(C)(C)CC1.